The predicted molar refractivity (Wildman–Crippen MR) is 99.3 cm³/mol. The van der Waals surface area contributed by atoms with Crippen LogP contribution in [0.3, 0.4) is 0 Å². The number of likely N-dealkylation sites (N-methyl/N-ethyl adjacent to an activating group) is 1. The van der Waals surface area contributed by atoms with Crippen molar-refractivity contribution in [2.24, 2.45) is 4.99 Å². The van der Waals surface area contributed by atoms with Gasteiger partial charge in [-0.25, -0.2) is 4.39 Å². The standard InChI is InChI=1S/C19H19ClFN3O/c1-23(2)9-10-24-17-8-7-13(20)11-15(17)19(22-12-18(24)25)14-5-3-4-6-16(14)21/h3-8,11H,9-10,12H2,1-2H3. The fourth-order valence-corrected chi connectivity index (χ4v) is 2.99. The molecule has 0 spiro atoms. The van der Waals surface area contributed by atoms with Gasteiger partial charge in [0.1, 0.15) is 12.4 Å². The van der Waals surface area contributed by atoms with E-state index in [0.717, 1.165) is 0 Å². The van der Waals surface area contributed by atoms with Gasteiger partial charge in [-0.3, -0.25) is 9.79 Å². The van der Waals surface area contributed by atoms with Crippen molar-refractivity contribution >= 4 is 28.9 Å². The number of nitrogens with zero attached hydrogens (tertiary/aromatic N) is 3. The van der Waals surface area contributed by atoms with Gasteiger partial charge in [0.25, 0.3) is 0 Å². The number of hydrogen-bond acceptors (Lipinski definition) is 3. The van der Waals surface area contributed by atoms with Crippen LogP contribution in [0.15, 0.2) is 47.5 Å². The molecule has 1 aliphatic heterocycles. The second kappa shape index (κ2) is 7.33. The number of carbonyl (C=O) groups excluding carboxylic acids is 1. The summed E-state index contributed by atoms with van der Waals surface area (Å²) in [6.07, 6.45) is 0. The summed E-state index contributed by atoms with van der Waals surface area (Å²) in [5.41, 5.74) is 2.20. The molecule has 0 aliphatic carbocycles. The van der Waals surface area contributed by atoms with E-state index < -0.39 is 0 Å². The molecule has 0 aromatic heterocycles. The van der Waals surface area contributed by atoms with Gasteiger partial charge in [0, 0.05) is 29.2 Å². The van der Waals surface area contributed by atoms with Gasteiger partial charge < -0.3 is 9.80 Å². The van der Waals surface area contributed by atoms with E-state index >= 15 is 0 Å². The molecule has 1 amide bonds. The molecule has 0 N–H and O–H groups in total. The summed E-state index contributed by atoms with van der Waals surface area (Å²) in [5.74, 6) is -0.488. The van der Waals surface area contributed by atoms with Crippen molar-refractivity contribution in [2.45, 2.75) is 0 Å². The van der Waals surface area contributed by atoms with Crippen LogP contribution in [0.1, 0.15) is 11.1 Å². The van der Waals surface area contributed by atoms with Gasteiger partial charge in [-0.05, 0) is 44.4 Å². The molecule has 2 aromatic carbocycles. The van der Waals surface area contributed by atoms with Crippen LogP contribution >= 0.6 is 11.6 Å². The quantitative estimate of drug-likeness (QED) is 0.840. The Labute approximate surface area is 151 Å². The molecule has 6 heteroatoms. The van der Waals surface area contributed by atoms with Gasteiger partial charge in [0.05, 0.1) is 11.4 Å². The van der Waals surface area contributed by atoms with Crippen LogP contribution in [0.25, 0.3) is 0 Å². The van der Waals surface area contributed by atoms with Crippen LogP contribution in [0, 0.1) is 5.82 Å². The first-order chi connectivity index (χ1) is 12.0. The molecule has 0 atom stereocenters. The van der Waals surface area contributed by atoms with Gasteiger partial charge in [0.2, 0.25) is 5.91 Å². The van der Waals surface area contributed by atoms with Gasteiger partial charge in [-0.2, -0.15) is 0 Å². The third kappa shape index (κ3) is 3.72. The molecule has 130 valence electrons. The number of benzodiazepines with no additional fused rings is 1. The first kappa shape index (κ1) is 17.6. The van der Waals surface area contributed by atoms with E-state index in [2.05, 4.69) is 4.99 Å². The summed E-state index contributed by atoms with van der Waals surface area (Å²) in [5, 5.41) is 0.518. The molecule has 0 radical (unpaired) electrons. The van der Waals surface area contributed by atoms with E-state index in [0.29, 0.717) is 40.6 Å². The van der Waals surface area contributed by atoms with Gasteiger partial charge >= 0.3 is 0 Å². The lowest BCUT2D eigenvalue weighted by molar-refractivity contribution is -0.117. The van der Waals surface area contributed by atoms with E-state index in [9.17, 15) is 9.18 Å². The first-order valence-electron chi connectivity index (χ1n) is 8.01. The van der Waals surface area contributed by atoms with Crippen molar-refractivity contribution < 1.29 is 9.18 Å². The molecule has 2 aromatic rings. The molecule has 0 saturated heterocycles. The van der Waals surface area contributed by atoms with Gasteiger partial charge in [-0.15, -0.1) is 0 Å². The van der Waals surface area contributed by atoms with Crippen molar-refractivity contribution in [1.82, 2.24) is 4.90 Å². The van der Waals surface area contributed by atoms with Crippen molar-refractivity contribution in [3.05, 3.63) is 64.4 Å². The third-order valence-electron chi connectivity index (χ3n) is 4.08. The predicted octanol–water partition coefficient (Wildman–Crippen LogP) is 3.22. The summed E-state index contributed by atoms with van der Waals surface area (Å²) < 4.78 is 14.3. The molecular weight excluding hydrogens is 341 g/mol. The minimum atomic E-state index is -0.374. The molecule has 3 rings (SSSR count). The zero-order valence-corrected chi connectivity index (χ0v) is 14.9. The monoisotopic (exact) mass is 359 g/mol. The normalized spacial score (nSPS) is 14.4. The second-order valence-electron chi connectivity index (χ2n) is 6.15. The smallest absolute Gasteiger partial charge is 0.248 e. The first-order valence-corrected chi connectivity index (χ1v) is 8.39. The van der Waals surface area contributed by atoms with E-state index in [4.69, 9.17) is 11.6 Å². The lowest BCUT2D eigenvalue weighted by atomic mass is 9.99. The van der Waals surface area contributed by atoms with Crippen LogP contribution in [0.2, 0.25) is 5.02 Å². The fraction of sp³-hybridized carbons (Fsp3) is 0.263. The SMILES string of the molecule is CN(C)CCN1C(=O)CN=C(c2ccccc2F)c2cc(Cl)ccc21. The van der Waals surface area contributed by atoms with Crippen molar-refractivity contribution in [2.75, 3.05) is 38.6 Å². The van der Waals surface area contributed by atoms with Crippen molar-refractivity contribution in [1.29, 1.82) is 0 Å². The molecular formula is C19H19ClFN3O. The summed E-state index contributed by atoms with van der Waals surface area (Å²) in [4.78, 5) is 20.7. The van der Waals surface area contributed by atoms with E-state index in [1.807, 2.05) is 19.0 Å². The highest BCUT2D eigenvalue weighted by Crippen LogP contribution is 2.30. The third-order valence-corrected chi connectivity index (χ3v) is 4.31. The fourth-order valence-electron chi connectivity index (χ4n) is 2.81. The number of hydrogen-bond donors (Lipinski definition) is 0. The van der Waals surface area contributed by atoms with Crippen molar-refractivity contribution in [3.8, 4) is 0 Å². The molecule has 0 unspecified atom stereocenters. The lowest BCUT2D eigenvalue weighted by Gasteiger charge is -2.25. The lowest BCUT2D eigenvalue weighted by Crippen LogP contribution is -2.37. The highest BCUT2D eigenvalue weighted by Gasteiger charge is 2.26. The largest absolute Gasteiger partial charge is 0.309 e. The summed E-state index contributed by atoms with van der Waals surface area (Å²) in [6.45, 7) is 1.22. The highest BCUT2D eigenvalue weighted by molar-refractivity contribution is 6.32. The van der Waals surface area contributed by atoms with Crippen LogP contribution in [0.4, 0.5) is 10.1 Å². The van der Waals surface area contributed by atoms with E-state index in [1.54, 1.807) is 41.3 Å². The molecule has 1 heterocycles. The number of aliphatic imine (C=N–C) groups is 1. The number of halogens is 2. The van der Waals surface area contributed by atoms with E-state index in [-0.39, 0.29) is 18.3 Å². The average Bonchev–Trinajstić information content (AvgIpc) is 2.70. The summed E-state index contributed by atoms with van der Waals surface area (Å²) in [6, 6.07) is 11.7. The van der Waals surface area contributed by atoms with E-state index in [1.165, 1.54) is 6.07 Å². The summed E-state index contributed by atoms with van der Waals surface area (Å²) >= 11 is 6.17. The number of carbonyl (C=O) groups is 1. The Kier molecular flexibility index (Phi) is 5.16. The Morgan fingerprint density at radius 2 is 1.96 bits per heavy atom. The number of anilines is 1. The molecule has 25 heavy (non-hydrogen) atoms. The van der Waals surface area contributed by atoms with Gasteiger partial charge in [0.15, 0.2) is 0 Å². The Hall–Kier alpha value is -2.24. The summed E-state index contributed by atoms with van der Waals surface area (Å²) in [7, 11) is 3.90. The highest BCUT2D eigenvalue weighted by atomic mass is 35.5. The molecule has 0 bridgehead atoms. The van der Waals surface area contributed by atoms with Crippen LogP contribution in [-0.4, -0.2) is 50.2 Å². The Bertz CT molecular complexity index is 835. The second-order valence-corrected chi connectivity index (χ2v) is 6.59. The molecule has 0 saturated carbocycles. The molecule has 4 nitrogen and oxygen atoms in total. The maximum atomic E-state index is 14.3. The maximum absolute atomic E-state index is 14.3. The number of amides is 1. The van der Waals surface area contributed by atoms with Crippen LogP contribution in [0.5, 0.6) is 0 Å². The Balaban J connectivity index is 2.12. The minimum absolute atomic E-state index is 0.0244. The minimum Gasteiger partial charge on any atom is -0.309 e. The topological polar surface area (TPSA) is 35.9 Å². The van der Waals surface area contributed by atoms with Crippen LogP contribution in [-0.2, 0) is 4.79 Å². The molecule has 0 fully saturated rings. The number of fused-ring (bicyclic) bond motifs is 1. The molecule has 1 aliphatic rings. The number of benzene rings is 2. The zero-order chi connectivity index (χ0) is 18.0. The van der Waals surface area contributed by atoms with Gasteiger partial charge in [-0.1, -0.05) is 23.7 Å². The average molecular weight is 360 g/mol. The van der Waals surface area contributed by atoms with Crippen LogP contribution < -0.4 is 4.90 Å². The Morgan fingerprint density at radius 3 is 2.68 bits per heavy atom. The van der Waals surface area contributed by atoms with Crippen molar-refractivity contribution in [3.63, 3.8) is 0 Å². The Morgan fingerprint density at radius 1 is 1.20 bits per heavy atom. The maximum Gasteiger partial charge on any atom is 0.248 e. The zero-order valence-electron chi connectivity index (χ0n) is 14.2. The number of rotatable bonds is 4.